The van der Waals surface area contributed by atoms with Gasteiger partial charge >= 0.3 is 15.4 Å². The van der Waals surface area contributed by atoms with Crippen LogP contribution in [0.2, 0.25) is 0 Å². The Morgan fingerprint density at radius 2 is 1.45 bits per heavy atom. The van der Waals surface area contributed by atoms with Crippen LogP contribution in [0.1, 0.15) is 0 Å². The van der Waals surface area contributed by atoms with E-state index in [4.69, 9.17) is 21.1 Å². The van der Waals surface area contributed by atoms with Gasteiger partial charge in [-0.3, -0.25) is 4.55 Å². The number of rotatable bonds is 1. The van der Waals surface area contributed by atoms with Crippen molar-refractivity contribution in [2.45, 2.75) is 0 Å². The molecule has 0 aromatic carbocycles. The van der Waals surface area contributed by atoms with Gasteiger partial charge in [0.1, 0.15) is 0 Å². The van der Waals surface area contributed by atoms with E-state index in [9.17, 15) is 13.2 Å². The van der Waals surface area contributed by atoms with Crippen molar-refractivity contribution in [1.82, 2.24) is 0 Å². The van der Waals surface area contributed by atoms with Gasteiger partial charge in [0.2, 0.25) is 0 Å². The predicted octanol–water partition coefficient (Wildman–Crippen LogP) is -1.54. The molecule has 0 fully saturated rings. The van der Waals surface area contributed by atoms with Crippen LogP contribution in [0, 0.1) is 0 Å². The van der Waals surface area contributed by atoms with Gasteiger partial charge in [-0.2, -0.15) is 8.42 Å². The van der Waals surface area contributed by atoms with E-state index < -0.39 is 15.4 Å². The number of carboxylic acid groups (broad SMARTS) is 1. The second kappa shape index (κ2) is 6.04. The van der Waals surface area contributed by atoms with Crippen LogP contribution in [-0.4, -0.2) is 36.5 Å². The quantitative estimate of drug-likeness (QED) is 0.363. The topological polar surface area (TPSA) is 144 Å². The fourth-order valence-electron chi connectivity index (χ4n) is 0. The Kier molecular flexibility index (Phi) is 7.10. The minimum Gasteiger partial charge on any atom is -0.468 e. The highest BCUT2D eigenvalue weighted by Gasteiger charge is 2.14. The van der Waals surface area contributed by atoms with E-state index in [1.165, 1.54) is 0 Å². The Bertz CT molecular complexity index is 196. The monoisotopic (exact) mass is 186 g/mol. The van der Waals surface area contributed by atoms with Crippen molar-refractivity contribution >= 4 is 15.4 Å². The van der Waals surface area contributed by atoms with Gasteiger partial charge < -0.3 is 16.6 Å². The third-order valence-corrected chi connectivity index (χ3v) is 0.829. The summed E-state index contributed by atoms with van der Waals surface area (Å²) in [6.45, 7) is 1.19. The van der Waals surface area contributed by atoms with Gasteiger partial charge in [-0.15, -0.1) is 0 Å². The summed E-state index contributed by atoms with van der Waals surface area (Å²) >= 11 is 0. The van der Waals surface area contributed by atoms with Crippen LogP contribution in [0.4, 0.5) is 4.79 Å². The molecule has 0 aromatic rings. The minimum absolute atomic E-state index is 0.597. The zero-order valence-electron chi connectivity index (χ0n) is 5.60. The first-order valence-corrected chi connectivity index (χ1v) is 3.90. The molecule has 0 atom stereocenters. The molecule has 0 aliphatic rings. The van der Waals surface area contributed by atoms with Crippen LogP contribution >= 0.6 is 0 Å². The molecule has 6 N–H and O–H groups in total. The highest BCUT2D eigenvalue weighted by Crippen LogP contribution is 1.79. The van der Waals surface area contributed by atoms with Gasteiger partial charge in [0.05, 0.1) is 0 Å². The molecule has 0 heterocycles. The predicted molar refractivity (Wildman–Crippen MR) is 37.7 cm³/mol. The minimum atomic E-state index is -4.82. The van der Waals surface area contributed by atoms with Gasteiger partial charge in [0.15, 0.2) is 0 Å². The van der Waals surface area contributed by atoms with Crippen LogP contribution < -0.4 is 11.5 Å². The van der Waals surface area contributed by atoms with Crippen molar-refractivity contribution in [3.05, 3.63) is 0 Å². The molecule has 0 aliphatic carbocycles. The number of hydrogen-bond donors (Lipinski definition) is 4. The Labute approximate surface area is 63.7 Å². The van der Waals surface area contributed by atoms with Gasteiger partial charge in [-0.25, -0.2) is 4.79 Å². The summed E-state index contributed by atoms with van der Waals surface area (Å²) < 4.78 is 26.0. The van der Waals surface area contributed by atoms with E-state index >= 15 is 0 Å². The van der Waals surface area contributed by atoms with Crippen LogP contribution in [0.15, 0.2) is 0 Å². The lowest BCUT2D eigenvalue weighted by atomic mass is 10.7. The number of nitrogens with two attached hydrogens (primary N) is 2. The molecule has 0 aromatic heterocycles. The second-order valence-corrected chi connectivity index (χ2v) is 2.62. The highest BCUT2D eigenvalue weighted by atomic mass is 32.2. The maximum atomic E-state index is 9.29. The van der Waals surface area contributed by atoms with Crippen molar-refractivity contribution in [1.29, 1.82) is 0 Å². The second-order valence-electron chi connectivity index (χ2n) is 1.32. The molecule has 0 bridgehead atoms. The van der Waals surface area contributed by atoms with Gasteiger partial charge in [0.25, 0.3) is 0 Å². The molecule has 0 amide bonds. The highest BCUT2D eigenvalue weighted by molar-refractivity contribution is 8.00. The molecule has 0 aliphatic heterocycles. The van der Waals surface area contributed by atoms with E-state index in [0.717, 1.165) is 0 Å². The summed E-state index contributed by atoms with van der Waals surface area (Å²) in [6, 6.07) is 0. The molecule has 0 radical (unpaired) electrons. The SMILES string of the molecule is NCCN.O=C(O)S(=O)(=O)O. The van der Waals surface area contributed by atoms with Gasteiger partial charge in [0, 0.05) is 13.1 Å². The molecule has 68 valence electrons. The van der Waals surface area contributed by atoms with E-state index in [1.54, 1.807) is 0 Å². The molecular formula is C3H10N2O5S. The van der Waals surface area contributed by atoms with Crippen molar-refractivity contribution in [2.75, 3.05) is 13.1 Å². The van der Waals surface area contributed by atoms with Crippen molar-refractivity contribution in [3.63, 3.8) is 0 Å². The fourth-order valence-corrected chi connectivity index (χ4v) is 0. The van der Waals surface area contributed by atoms with E-state index in [1.807, 2.05) is 0 Å². The molecule has 0 saturated carbocycles. The lowest BCUT2D eigenvalue weighted by molar-refractivity contribution is 0.216. The van der Waals surface area contributed by atoms with E-state index in [-0.39, 0.29) is 0 Å². The van der Waals surface area contributed by atoms with Crippen LogP contribution in [0.25, 0.3) is 0 Å². The summed E-state index contributed by atoms with van der Waals surface area (Å²) in [5.41, 5.74) is 9.81. The fraction of sp³-hybridized carbons (Fsp3) is 0.667. The molecule has 0 spiro atoms. The van der Waals surface area contributed by atoms with Gasteiger partial charge in [-0.1, -0.05) is 0 Å². The van der Waals surface area contributed by atoms with Crippen molar-refractivity contribution in [2.24, 2.45) is 11.5 Å². The molecule has 7 nitrogen and oxygen atoms in total. The normalized spacial score (nSPS) is 9.73. The van der Waals surface area contributed by atoms with Gasteiger partial charge in [-0.05, 0) is 0 Å². The molecule has 0 saturated heterocycles. The van der Waals surface area contributed by atoms with Crippen molar-refractivity contribution in [3.8, 4) is 0 Å². The lowest BCUT2D eigenvalue weighted by Crippen LogP contribution is -2.11. The molecule has 8 heteroatoms. The summed E-state index contributed by atoms with van der Waals surface area (Å²) in [5.74, 6) is 0. The average Bonchev–Trinajstić information content (AvgIpc) is 1.87. The average molecular weight is 186 g/mol. The summed E-state index contributed by atoms with van der Waals surface area (Å²) in [5, 5.41) is 5.18. The first-order chi connectivity index (χ1) is 4.86. The Morgan fingerprint density at radius 1 is 1.27 bits per heavy atom. The van der Waals surface area contributed by atoms with E-state index in [0.29, 0.717) is 13.1 Å². The smallest absolute Gasteiger partial charge is 0.449 e. The Hall–Kier alpha value is -0.700. The third kappa shape index (κ3) is 12.5. The molecule has 0 rings (SSSR count). The van der Waals surface area contributed by atoms with Crippen LogP contribution in [-0.2, 0) is 10.1 Å². The maximum absolute atomic E-state index is 9.29. The largest absolute Gasteiger partial charge is 0.468 e. The first kappa shape index (κ1) is 12.9. The standard InChI is InChI=1S/C2H8N2.CH2O5S/c3-1-2-4;2-1(3)7(4,5)6/h1-4H2;(H,2,3)(H,4,5,6). The summed E-state index contributed by atoms with van der Waals surface area (Å²) in [6.07, 6.45) is 0. The molecular weight excluding hydrogens is 176 g/mol. The number of carbonyl (C=O) groups is 1. The first-order valence-electron chi connectivity index (χ1n) is 2.46. The summed E-state index contributed by atoms with van der Waals surface area (Å²) in [7, 11) is -4.82. The summed E-state index contributed by atoms with van der Waals surface area (Å²) in [4.78, 5) is 9.18. The van der Waals surface area contributed by atoms with E-state index in [2.05, 4.69) is 0 Å². The molecule has 11 heavy (non-hydrogen) atoms. The Balaban J connectivity index is 0. The Morgan fingerprint density at radius 3 is 1.45 bits per heavy atom. The van der Waals surface area contributed by atoms with Crippen LogP contribution in [0.3, 0.4) is 0 Å². The van der Waals surface area contributed by atoms with Crippen LogP contribution in [0.5, 0.6) is 0 Å². The third-order valence-electron chi connectivity index (χ3n) is 0.387. The zero-order valence-corrected chi connectivity index (χ0v) is 6.41. The lowest BCUT2D eigenvalue weighted by Gasteiger charge is -1.78. The maximum Gasteiger partial charge on any atom is 0.449 e. The number of hydrogen-bond acceptors (Lipinski definition) is 5. The zero-order chi connectivity index (χ0) is 9.49. The van der Waals surface area contributed by atoms with Crippen molar-refractivity contribution < 1.29 is 22.9 Å². The molecule has 0 unspecified atom stereocenters.